The summed E-state index contributed by atoms with van der Waals surface area (Å²) in [7, 11) is 4.01. The first kappa shape index (κ1) is 16.0. The predicted molar refractivity (Wildman–Crippen MR) is 85.4 cm³/mol. The second-order valence-electron chi connectivity index (χ2n) is 7.13. The molecule has 1 aliphatic carbocycles. The topological polar surface area (TPSA) is 42.7 Å². The van der Waals surface area contributed by atoms with E-state index in [0.29, 0.717) is 17.4 Å². The van der Waals surface area contributed by atoms with Crippen LogP contribution in [0.3, 0.4) is 0 Å². The summed E-state index contributed by atoms with van der Waals surface area (Å²) in [4.78, 5) is 0. The largest absolute Gasteiger partial charge is 0.311 e. The average Bonchev–Trinajstić information content (AvgIpc) is 2.71. The zero-order valence-corrected chi connectivity index (χ0v) is 14.9. The van der Waals surface area contributed by atoms with Gasteiger partial charge < -0.3 is 5.32 Å². The lowest BCUT2D eigenvalue weighted by molar-refractivity contribution is 0.132. The Bertz CT molecular complexity index is 422. The van der Waals surface area contributed by atoms with Gasteiger partial charge in [0.15, 0.2) is 4.60 Å². The Hall–Kier alpha value is -0.420. The van der Waals surface area contributed by atoms with Crippen LogP contribution < -0.4 is 5.32 Å². The highest BCUT2D eigenvalue weighted by molar-refractivity contribution is 9.10. The highest BCUT2D eigenvalue weighted by Gasteiger charge is 2.34. The molecule has 4 nitrogen and oxygen atoms in total. The molecule has 1 aromatic heterocycles. The normalized spacial score (nSPS) is 25.7. The van der Waals surface area contributed by atoms with Crippen LogP contribution in [0.4, 0.5) is 0 Å². The van der Waals surface area contributed by atoms with Gasteiger partial charge in [-0.1, -0.05) is 26.0 Å². The summed E-state index contributed by atoms with van der Waals surface area (Å²) < 4.78 is 2.76. The molecule has 0 aromatic carbocycles. The third-order valence-electron chi connectivity index (χ3n) is 4.90. The molecule has 0 radical (unpaired) electrons. The van der Waals surface area contributed by atoms with Gasteiger partial charge in [0.1, 0.15) is 0 Å². The second kappa shape index (κ2) is 6.14. The Morgan fingerprint density at radius 3 is 2.25 bits per heavy atom. The maximum absolute atomic E-state index is 4.12. The van der Waals surface area contributed by atoms with E-state index in [1.165, 1.54) is 31.4 Å². The van der Waals surface area contributed by atoms with Crippen LogP contribution in [0.1, 0.15) is 58.2 Å². The van der Waals surface area contributed by atoms with Crippen molar-refractivity contribution in [2.75, 3.05) is 7.05 Å². The van der Waals surface area contributed by atoms with Gasteiger partial charge in [0, 0.05) is 7.05 Å². The summed E-state index contributed by atoms with van der Waals surface area (Å²) in [6.45, 7) is 7.11. The lowest BCUT2D eigenvalue weighted by Crippen LogP contribution is -2.33. The van der Waals surface area contributed by atoms with Gasteiger partial charge in [-0.05, 0) is 65.9 Å². The van der Waals surface area contributed by atoms with Crippen LogP contribution in [0, 0.1) is 17.3 Å². The fourth-order valence-corrected chi connectivity index (χ4v) is 4.16. The van der Waals surface area contributed by atoms with E-state index in [4.69, 9.17) is 0 Å². The van der Waals surface area contributed by atoms with E-state index in [0.717, 1.165) is 10.5 Å². The lowest BCUT2D eigenvalue weighted by atomic mass is 9.68. The number of halogens is 1. The Kier molecular flexibility index (Phi) is 4.90. The van der Waals surface area contributed by atoms with E-state index >= 15 is 0 Å². The summed E-state index contributed by atoms with van der Waals surface area (Å²) in [6.07, 6.45) is 5.22. The Morgan fingerprint density at radius 1 is 1.25 bits per heavy atom. The average molecular weight is 343 g/mol. The van der Waals surface area contributed by atoms with Crippen LogP contribution in [-0.2, 0) is 7.05 Å². The minimum absolute atomic E-state index is 0.338. The van der Waals surface area contributed by atoms with Crippen molar-refractivity contribution < 1.29 is 0 Å². The molecule has 0 spiro atoms. The molecule has 1 saturated carbocycles. The van der Waals surface area contributed by atoms with Crippen LogP contribution in [0.5, 0.6) is 0 Å². The monoisotopic (exact) mass is 342 g/mol. The number of hydrogen-bond acceptors (Lipinski definition) is 3. The summed E-state index contributed by atoms with van der Waals surface area (Å²) in [5.41, 5.74) is 1.61. The SMILES string of the molecule is CNC(c1c(Br)nnn1C)C1CCC(C(C)(C)C)CC1. The summed E-state index contributed by atoms with van der Waals surface area (Å²) in [6, 6.07) is 0.338. The Balaban J connectivity index is 2.08. The number of nitrogens with one attached hydrogen (secondary N) is 1. The van der Waals surface area contributed by atoms with Crippen LogP contribution in [0.2, 0.25) is 0 Å². The number of aryl methyl sites for hydroxylation is 1. The fraction of sp³-hybridized carbons (Fsp3) is 0.867. The van der Waals surface area contributed by atoms with Crippen molar-refractivity contribution in [3.8, 4) is 0 Å². The highest BCUT2D eigenvalue weighted by Crippen LogP contribution is 2.43. The van der Waals surface area contributed by atoms with Gasteiger partial charge in [-0.25, -0.2) is 4.68 Å². The molecule has 0 saturated heterocycles. The van der Waals surface area contributed by atoms with Gasteiger partial charge in [-0.2, -0.15) is 0 Å². The molecule has 0 bridgehead atoms. The maximum atomic E-state index is 4.12. The molecule has 114 valence electrons. The van der Waals surface area contributed by atoms with Crippen molar-refractivity contribution in [2.45, 2.75) is 52.5 Å². The quantitative estimate of drug-likeness (QED) is 0.910. The van der Waals surface area contributed by atoms with Crippen LogP contribution in [0.15, 0.2) is 4.60 Å². The minimum Gasteiger partial charge on any atom is -0.311 e. The van der Waals surface area contributed by atoms with Crippen molar-refractivity contribution in [2.24, 2.45) is 24.3 Å². The van der Waals surface area contributed by atoms with E-state index in [1.54, 1.807) is 0 Å². The van der Waals surface area contributed by atoms with Gasteiger partial charge in [0.2, 0.25) is 0 Å². The zero-order chi connectivity index (χ0) is 14.9. The molecular weight excluding hydrogens is 316 g/mol. The first-order chi connectivity index (χ1) is 9.34. The highest BCUT2D eigenvalue weighted by atomic mass is 79.9. The van der Waals surface area contributed by atoms with Gasteiger partial charge in [-0.15, -0.1) is 5.10 Å². The predicted octanol–water partition coefficient (Wildman–Crippen LogP) is 3.69. The van der Waals surface area contributed by atoms with Crippen LogP contribution >= 0.6 is 15.9 Å². The molecule has 1 heterocycles. The summed E-state index contributed by atoms with van der Waals surface area (Å²) >= 11 is 3.53. The van der Waals surface area contributed by atoms with E-state index in [2.05, 4.69) is 52.3 Å². The first-order valence-electron chi connectivity index (χ1n) is 7.57. The molecular formula is C15H27BrN4. The van der Waals surface area contributed by atoms with Gasteiger partial charge in [-0.3, -0.25) is 0 Å². The van der Waals surface area contributed by atoms with Crippen molar-refractivity contribution in [3.63, 3.8) is 0 Å². The Morgan fingerprint density at radius 2 is 1.85 bits per heavy atom. The standard InChI is InChI=1S/C15H27BrN4/c1-15(2,3)11-8-6-10(7-9-11)12(17-4)13-14(16)18-19-20(13)5/h10-12,17H,6-9H2,1-5H3. The first-order valence-corrected chi connectivity index (χ1v) is 8.36. The van der Waals surface area contributed by atoms with E-state index in [1.807, 2.05) is 18.8 Å². The molecule has 1 unspecified atom stereocenters. The van der Waals surface area contributed by atoms with Crippen molar-refractivity contribution in [1.29, 1.82) is 0 Å². The fourth-order valence-electron chi connectivity index (χ4n) is 3.58. The van der Waals surface area contributed by atoms with Crippen molar-refractivity contribution >= 4 is 15.9 Å². The molecule has 1 fully saturated rings. The van der Waals surface area contributed by atoms with Crippen molar-refractivity contribution in [1.82, 2.24) is 20.3 Å². The molecule has 0 amide bonds. The van der Waals surface area contributed by atoms with Crippen molar-refractivity contribution in [3.05, 3.63) is 10.3 Å². The second-order valence-corrected chi connectivity index (χ2v) is 7.88. The number of rotatable bonds is 3. The van der Waals surface area contributed by atoms with Crippen LogP contribution in [-0.4, -0.2) is 22.0 Å². The molecule has 20 heavy (non-hydrogen) atoms. The molecule has 1 aliphatic rings. The summed E-state index contributed by atoms with van der Waals surface area (Å²) in [5.74, 6) is 1.52. The smallest absolute Gasteiger partial charge is 0.153 e. The number of aromatic nitrogens is 3. The molecule has 2 rings (SSSR count). The van der Waals surface area contributed by atoms with Gasteiger partial charge in [0.05, 0.1) is 11.7 Å². The number of nitrogens with zero attached hydrogens (tertiary/aromatic N) is 3. The van der Waals surface area contributed by atoms with Gasteiger partial charge >= 0.3 is 0 Å². The minimum atomic E-state index is 0.338. The van der Waals surface area contributed by atoms with Gasteiger partial charge in [0.25, 0.3) is 0 Å². The third kappa shape index (κ3) is 3.25. The molecule has 1 N–H and O–H groups in total. The molecule has 5 heteroatoms. The van der Waals surface area contributed by atoms with E-state index in [9.17, 15) is 0 Å². The Labute approximate surface area is 130 Å². The van der Waals surface area contributed by atoms with E-state index in [-0.39, 0.29) is 0 Å². The zero-order valence-electron chi connectivity index (χ0n) is 13.3. The summed E-state index contributed by atoms with van der Waals surface area (Å²) in [5, 5.41) is 11.7. The maximum Gasteiger partial charge on any atom is 0.153 e. The third-order valence-corrected chi connectivity index (χ3v) is 5.47. The van der Waals surface area contributed by atoms with E-state index < -0.39 is 0 Å². The molecule has 0 aliphatic heterocycles. The lowest BCUT2D eigenvalue weighted by Gasteiger charge is -2.39. The number of hydrogen-bond donors (Lipinski definition) is 1. The molecule has 1 aromatic rings. The molecule has 1 atom stereocenters. The van der Waals surface area contributed by atoms with Crippen LogP contribution in [0.25, 0.3) is 0 Å².